The van der Waals surface area contributed by atoms with Crippen molar-refractivity contribution in [3.63, 3.8) is 0 Å². The van der Waals surface area contributed by atoms with Gasteiger partial charge in [-0.15, -0.1) is 0 Å². The van der Waals surface area contributed by atoms with E-state index in [1.54, 1.807) is 12.1 Å². The molecule has 4 rings (SSSR count). The standard InChI is InChI=1S/C22H17FN2/c1-16-7-13-20(14-8-16)25-15-21(17-9-11-19(23)12-10-17)24-22(25)18-5-3-2-4-6-18/h2-15H,1H3. The molecule has 0 atom stereocenters. The lowest BCUT2D eigenvalue weighted by Crippen LogP contribution is -1.95. The van der Waals surface area contributed by atoms with Crippen LogP contribution < -0.4 is 0 Å². The molecule has 0 radical (unpaired) electrons. The molecule has 0 unspecified atom stereocenters. The molecule has 0 bridgehead atoms. The largest absolute Gasteiger partial charge is 0.299 e. The Morgan fingerprint density at radius 1 is 0.760 bits per heavy atom. The number of benzene rings is 3. The summed E-state index contributed by atoms with van der Waals surface area (Å²) in [6.45, 7) is 2.07. The first kappa shape index (κ1) is 15.3. The first-order chi connectivity index (χ1) is 12.2. The summed E-state index contributed by atoms with van der Waals surface area (Å²) in [5.41, 5.74) is 5.01. The summed E-state index contributed by atoms with van der Waals surface area (Å²) in [6.07, 6.45) is 2.00. The molecule has 0 saturated heterocycles. The Morgan fingerprint density at radius 2 is 1.44 bits per heavy atom. The lowest BCUT2D eigenvalue weighted by molar-refractivity contribution is 0.628. The summed E-state index contributed by atoms with van der Waals surface area (Å²) in [4.78, 5) is 4.82. The second-order valence-corrected chi connectivity index (χ2v) is 6.03. The quantitative estimate of drug-likeness (QED) is 0.475. The molecule has 122 valence electrons. The molecule has 0 fully saturated rings. The Morgan fingerprint density at radius 3 is 2.12 bits per heavy atom. The molecule has 0 N–H and O–H groups in total. The minimum atomic E-state index is -0.245. The monoisotopic (exact) mass is 328 g/mol. The van der Waals surface area contributed by atoms with Crippen LogP contribution in [-0.2, 0) is 0 Å². The van der Waals surface area contributed by atoms with Gasteiger partial charge in [0.1, 0.15) is 11.6 Å². The number of rotatable bonds is 3. The van der Waals surface area contributed by atoms with Crippen LogP contribution in [0.5, 0.6) is 0 Å². The predicted molar refractivity (Wildman–Crippen MR) is 99.1 cm³/mol. The van der Waals surface area contributed by atoms with E-state index in [2.05, 4.69) is 35.8 Å². The van der Waals surface area contributed by atoms with Crippen molar-refractivity contribution in [2.75, 3.05) is 0 Å². The number of hydrogen-bond acceptors (Lipinski definition) is 1. The average molecular weight is 328 g/mol. The highest BCUT2D eigenvalue weighted by atomic mass is 19.1. The summed E-state index contributed by atoms with van der Waals surface area (Å²) in [5, 5.41) is 0. The molecule has 1 heterocycles. The van der Waals surface area contributed by atoms with Crippen molar-refractivity contribution in [3.8, 4) is 28.3 Å². The third kappa shape index (κ3) is 3.09. The molecular weight excluding hydrogens is 311 g/mol. The van der Waals surface area contributed by atoms with Crippen molar-refractivity contribution in [3.05, 3.63) is 96.4 Å². The SMILES string of the molecule is Cc1ccc(-n2cc(-c3ccc(F)cc3)nc2-c2ccccc2)cc1. The molecular formula is C22H17FN2. The van der Waals surface area contributed by atoms with Gasteiger partial charge in [-0.3, -0.25) is 4.57 Å². The van der Waals surface area contributed by atoms with Gasteiger partial charge in [-0.2, -0.15) is 0 Å². The predicted octanol–water partition coefficient (Wildman–Crippen LogP) is 5.65. The average Bonchev–Trinajstić information content (AvgIpc) is 3.09. The molecule has 3 aromatic carbocycles. The zero-order valence-electron chi connectivity index (χ0n) is 13.9. The van der Waals surface area contributed by atoms with Crippen molar-refractivity contribution in [1.82, 2.24) is 9.55 Å². The fourth-order valence-electron chi connectivity index (χ4n) is 2.83. The van der Waals surface area contributed by atoms with Crippen LogP contribution in [0, 0.1) is 12.7 Å². The lowest BCUT2D eigenvalue weighted by Gasteiger charge is -2.08. The van der Waals surface area contributed by atoms with Gasteiger partial charge in [-0.1, -0.05) is 48.0 Å². The molecule has 4 aromatic rings. The Bertz CT molecular complexity index is 985. The minimum absolute atomic E-state index is 0.245. The highest BCUT2D eigenvalue weighted by molar-refractivity contribution is 5.67. The maximum absolute atomic E-state index is 13.2. The van der Waals surface area contributed by atoms with Crippen LogP contribution >= 0.6 is 0 Å². The first-order valence-corrected chi connectivity index (χ1v) is 8.18. The molecule has 25 heavy (non-hydrogen) atoms. The maximum Gasteiger partial charge on any atom is 0.145 e. The number of hydrogen-bond donors (Lipinski definition) is 0. The number of imidazole rings is 1. The number of halogens is 1. The second kappa shape index (κ2) is 6.36. The maximum atomic E-state index is 13.2. The van der Waals surface area contributed by atoms with Gasteiger partial charge in [-0.25, -0.2) is 9.37 Å². The van der Waals surface area contributed by atoms with E-state index in [4.69, 9.17) is 4.98 Å². The molecule has 0 spiro atoms. The van der Waals surface area contributed by atoms with E-state index in [0.717, 1.165) is 28.3 Å². The third-order valence-corrected chi connectivity index (χ3v) is 4.19. The van der Waals surface area contributed by atoms with Gasteiger partial charge in [0, 0.05) is 23.0 Å². The first-order valence-electron chi connectivity index (χ1n) is 8.18. The van der Waals surface area contributed by atoms with E-state index in [1.807, 2.05) is 36.5 Å². The van der Waals surface area contributed by atoms with Crippen molar-refractivity contribution in [1.29, 1.82) is 0 Å². The number of aromatic nitrogens is 2. The summed E-state index contributed by atoms with van der Waals surface area (Å²) < 4.78 is 15.3. The van der Waals surface area contributed by atoms with E-state index < -0.39 is 0 Å². The van der Waals surface area contributed by atoms with Gasteiger partial charge >= 0.3 is 0 Å². The fraction of sp³-hybridized carbons (Fsp3) is 0.0455. The van der Waals surface area contributed by atoms with Crippen LogP contribution in [0.1, 0.15) is 5.56 Å². The van der Waals surface area contributed by atoms with E-state index in [-0.39, 0.29) is 5.82 Å². The zero-order valence-corrected chi connectivity index (χ0v) is 13.9. The molecule has 0 aliphatic carbocycles. The topological polar surface area (TPSA) is 17.8 Å². The van der Waals surface area contributed by atoms with E-state index in [1.165, 1.54) is 17.7 Å². The van der Waals surface area contributed by atoms with Crippen LogP contribution in [0.15, 0.2) is 85.1 Å². The van der Waals surface area contributed by atoms with Gasteiger partial charge in [0.05, 0.1) is 5.69 Å². The molecule has 2 nitrogen and oxygen atoms in total. The van der Waals surface area contributed by atoms with Gasteiger partial charge in [0.25, 0.3) is 0 Å². The molecule has 3 heteroatoms. The number of aryl methyl sites for hydroxylation is 1. The van der Waals surface area contributed by atoms with E-state index in [9.17, 15) is 4.39 Å². The Kier molecular flexibility index (Phi) is 3.90. The Balaban J connectivity index is 1.89. The molecule has 1 aromatic heterocycles. The normalized spacial score (nSPS) is 10.8. The molecule has 0 aliphatic heterocycles. The summed E-state index contributed by atoms with van der Waals surface area (Å²) in [6, 6.07) is 24.8. The zero-order chi connectivity index (χ0) is 17.2. The smallest absolute Gasteiger partial charge is 0.145 e. The highest BCUT2D eigenvalue weighted by Gasteiger charge is 2.13. The van der Waals surface area contributed by atoms with Gasteiger partial charge in [-0.05, 0) is 43.3 Å². The van der Waals surface area contributed by atoms with Crippen LogP contribution in [0.3, 0.4) is 0 Å². The Hall–Kier alpha value is -3.20. The third-order valence-electron chi connectivity index (χ3n) is 4.19. The van der Waals surface area contributed by atoms with Gasteiger partial charge < -0.3 is 0 Å². The summed E-state index contributed by atoms with van der Waals surface area (Å²) >= 11 is 0. The minimum Gasteiger partial charge on any atom is -0.299 e. The van der Waals surface area contributed by atoms with Crippen LogP contribution in [0.2, 0.25) is 0 Å². The lowest BCUT2D eigenvalue weighted by atomic mass is 10.2. The van der Waals surface area contributed by atoms with Crippen molar-refractivity contribution >= 4 is 0 Å². The van der Waals surface area contributed by atoms with Crippen molar-refractivity contribution in [2.45, 2.75) is 6.92 Å². The molecule has 0 saturated carbocycles. The van der Waals surface area contributed by atoms with Crippen LogP contribution in [0.4, 0.5) is 4.39 Å². The molecule has 0 amide bonds. The van der Waals surface area contributed by atoms with Crippen LogP contribution in [-0.4, -0.2) is 9.55 Å². The van der Waals surface area contributed by atoms with Crippen molar-refractivity contribution in [2.24, 2.45) is 0 Å². The van der Waals surface area contributed by atoms with Crippen molar-refractivity contribution < 1.29 is 4.39 Å². The molecule has 0 aliphatic rings. The summed E-state index contributed by atoms with van der Waals surface area (Å²) in [7, 11) is 0. The fourth-order valence-corrected chi connectivity index (χ4v) is 2.83. The Labute approximate surface area is 146 Å². The van der Waals surface area contributed by atoms with E-state index in [0.29, 0.717) is 0 Å². The van der Waals surface area contributed by atoms with E-state index >= 15 is 0 Å². The van der Waals surface area contributed by atoms with Gasteiger partial charge in [0.2, 0.25) is 0 Å². The van der Waals surface area contributed by atoms with Crippen LogP contribution in [0.25, 0.3) is 28.3 Å². The second-order valence-electron chi connectivity index (χ2n) is 6.03. The van der Waals surface area contributed by atoms with Gasteiger partial charge in [0.15, 0.2) is 0 Å². The summed E-state index contributed by atoms with van der Waals surface area (Å²) in [5.74, 6) is 0.619. The number of nitrogens with zero attached hydrogens (tertiary/aromatic N) is 2. The highest BCUT2D eigenvalue weighted by Crippen LogP contribution is 2.28.